The predicted molar refractivity (Wildman–Crippen MR) is 97.1 cm³/mol. The fourth-order valence-electron chi connectivity index (χ4n) is 4.38. The topological polar surface area (TPSA) is 90.6 Å². The SMILES string of the molecule is O=C(c1[nH]ncc1-c1ccccc1)N1CCC(N2C(=O)O[C@H]3CNC[C@H]32)C1. The van der Waals surface area contributed by atoms with Gasteiger partial charge in [0.2, 0.25) is 0 Å². The smallest absolute Gasteiger partial charge is 0.410 e. The van der Waals surface area contributed by atoms with E-state index < -0.39 is 0 Å². The van der Waals surface area contributed by atoms with E-state index in [0.717, 1.165) is 24.1 Å². The lowest BCUT2D eigenvalue weighted by Gasteiger charge is -2.26. The third-order valence-electron chi connectivity index (χ3n) is 5.73. The van der Waals surface area contributed by atoms with Crippen LogP contribution < -0.4 is 5.32 Å². The Morgan fingerprint density at radius 2 is 2.07 bits per heavy atom. The standard InChI is InChI=1S/C19H21N5O3/c25-18(17-14(8-21-22-17)12-4-2-1-3-5-12)23-7-6-13(11-23)24-15-9-20-10-16(15)27-19(24)26/h1-5,8,13,15-16,20H,6-7,9-11H2,(H,21,22)/t13?,15-,16+/m1/s1. The number of likely N-dealkylation sites (tertiary alicyclic amines) is 1. The van der Waals surface area contributed by atoms with Crippen LogP contribution in [0.1, 0.15) is 16.9 Å². The van der Waals surface area contributed by atoms with E-state index in [1.165, 1.54) is 0 Å². The Labute approximate surface area is 156 Å². The van der Waals surface area contributed by atoms with Gasteiger partial charge in [-0.15, -0.1) is 0 Å². The number of ether oxygens (including phenoxy) is 1. The molecule has 140 valence electrons. The molecule has 2 N–H and O–H groups in total. The number of benzene rings is 1. The third-order valence-corrected chi connectivity index (χ3v) is 5.73. The summed E-state index contributed by atoms with van der Waals surface area (Å²) in [5.41, 5.74) is 2.24. The molecule has 0 aliphatic carbocycles. The van der Waals surface area contributed by atoms with Crippen LogP contribution in [0.4, 0.5) is 4.79 Å². The van der Waals surface area contributed by atoms with Crippen LogP contribution in [0.5, 0.6) is 0 Å². The van der Waals surface area contributed by atoms with Crippen LogP contribution in [0, 0.1) is 0 Å². The van der Waals surface area contributed by atoms with Crippen LogP contribution in [-0.2, 0) is 4.74 Å². The average Bonchev–Trinajstić information content (AvgIpc) is 3.45. The van der Waals surface area contributed by atoms with Gasteiger partial charge >= 0.3 is 6.09 Å². The van der Waals surface area contributed by atoms with Crippen molar-refractivity contribution >= 4 is 12.0 Å². The maximum atomic E-state index is 13.1. The molecule has 3 saturated heterocycles. The van der Waals surface area contributed by atoms with Gasteiger partial charge in [-0.05, 0) is 12.0 Å². The molecule has 0 spiro atoms. The van der Waals surface area contributed by atoms with Crippen LogP contribution in [0.15, 0.2) is 36.5 Å². The van der Waals surface area contributed by atoms with E-state index in [1.807, 2.05) is 35.2 Å². The lowest BCUT2D eigenvalue weighted by molar-refractivity contribution is 0.0771. The zero-order valence-electron chi connectivity index (χ0n) is 14.8. The maximum Gasteiger partial charge on any atom is 0.410 e. The van der Waals surface area contributed by atoms with E-state index in [-0.39, 0.29) is 30.2 Å². The summed E-state index contributed by atoms with van der Waals surface area (Å²) in [6.45, 7) is 2.59. The van der Waals surface area contributed by atoms with Gasteiger partial charge in [0.1, 0.15) is 11.8 Å². The first-order chi connectivity index (χ1) is 13.2. The Balaban J connectivity index is 1.33. The van der Waals surface area contributed by atoms with Crippen molar-refractivity contribution in [1.29, 1.82) is 0 Å². The molecule has 2 amide bonds. The fraction of sp³-hybridized carbons (Fsp3) is 0.421. The predicted octanol–water partition coefficient (Wildman–Crippen LogP) is 1.08. The van der Waals surface area contributed by atoms with Gasteiger partial charge in [0.05, 0.1) is 18.3 Å². The van der Waals surface area contributed by atoms with E-state index in [1.54, 1.807) is 11.1 Å². The Morgan fingerprint density at radius 1 is 1.22 bits per heavy atom. The molecule has 4 heterocycles. The summed E-state index contributed by atoms with van der Waals surface area (Å²) in [6, 6.07) is 9.81. The molecule has 1 aromatic carbocycles. The van der Waals surface area contributed by atoms with Gasteiger partial charge in [-0.1, -0.05) is 30.3 Å². The number of carbonyl (C=O) groups excluding carboxylic acids is 2. The number of carbonyl (C=O) groups is 2. The Hall–Kier alpha value is -2.87. The highest BCUT2D eigenvalue weighted by molar-refractivity contribution is 5.99. The zero-order chi connectivity index (χ0) is 18.4. The average molecular weight is 367 g/mol. The molecule has 0 saturated carbocycles. The van der Waals surface area contributed by atoms with E-state index in [4.69, 9.17) is 4.74 Å². The molecule has 0 radical (unpaired) electrons. The van der Waals surface area contributed by atoms with E-state index in [0.29, 0.717) is 25.3 Å². The molecule has 8 nitrogen and oxygen atoms in total. The van der Waals surface area contributed by atoms with Crippen molar-refractivity contribution in [2.45, 2.75) is 24.6 Å². The summed E-state index contributed by atoms with van der Waals surface area (Å²) in [5, 5.41) is 10.2. The minimum atomic E-state index is -0.252. The van der Waals surface area contributed by atoms with Crippen molar-refractivity contribution in [3.8, 4) is 11.1 Å². The van der Waals surface area contributed by atoms with Crippen LogP contribution in [0.2, 0.25) is 0 Å². The molecule has 3 aliphatic heterocycles. The highest BCUT2D eigenvalue weighted by Crippen LogP contribution is 2.30. The number of fused-ring (bicyclic) bond motifs is 1. The minimum absolute atomic E-state index is 0.000512. The molecular formula is C19H21N5O3. The number of nitrogens with zero attached hydrogens (tertiary/aromatic N) is 3. The number of amides is 2. The molecular weight excluding hydrogens is 346 g/mol. The Morgan fingerprint density at radius 3 is 2.93 bits per heavy atom. The van der Waals surface area contributed by atoms with E-state index in [2.05, 4.69) is 15.5 Å². The second-order valence-corrected chi connectivity index (χ2v) is 7.27. The molecule has 2 aromatic rings. The van der Waals surface area contributed by atoms with Crippen molar-refractivity contribution in [3.63, 3.8) is 0 Å². The first-order valence-electron chi connectivity index (χ1n) is 9.30. The number of aromatic amines is 1. The quantitative estimate of drug-likeness (QED) is 0.847. The van der Waals surface area contributed by atoms with Gasteiger partial charge in [-0.3, -0.25) is 14.8 Å². The largest absolute Gasteiger partial charge is 0.442 e. The maximum absolute atomic E-state index is 13.1. The van der Waals surface area contributed by atoms with Crippen molar-refractivity contribution in [1.82, 2.24) is 25.3 Å². The molecule has 3 fully saturated rings. The van der Waals surface area contributed by atoms with Gasteiger partial charge < -0.3 is 15.0 Å². The number of hydrogen-bond acceptors (Lipinski definition) is 5. The number of aromatic nitrogens is 2. The number of hydrogen-bond donors (Lipinski definition) is 2. The Kier molecular flexibility index (Phi) is 3.86. The van der Waals surface area contributed by atoms with Crippen molar-refractivity contribution in [2.75, 3.05) is 26.2 Å². The van der Waals surface area contributed by atoms with Crippen LogP contribution in [-0.4, -0.2) is 76.4 Å². The number of H-pyrrole nitrogens is 1. The minimum Gasteiger partial charge on any atom is -0.442 e. The summed E-state index contributed by atoms with van der Waals surface area (Å²) in [7, 11) is 0. The fourth-order valence-corrected chi connectivity index (χ4v) is 4.38. The molecule has 1 aromatic heterocycles. The van der Waals surface area contributed by atoms with E-state index in [9.17, 15) is 9.59 Å². The van der Waals surface area contributed by atoms with Gasteiger partial charge in [-0.25, -0.2) is 4.79 Å². The van der Waals surface area contributed by atoms with Gasteiger partial charge in [0.25, 0.3) is 5.91 Å². The molecule has 27 heavy (non-hydrogen) atoms. The zero-order valence-corrected chi connectivity index (χ0v) is 14.8. The van der Waals surface area contributed by atoms with E-state index >= 15 is 0 Å². The normalized spacial score (nSPS) is 27.1. The van der Waals surface area contributed by atoms with Gasteiger partial charge in [0, 0.05) is 31.7 Å². The highest BCUT2D eigenvalue weighted by Gasteiger charge is 2.49. The molecule has 3 aliphatic rings. The summed E-state index contributed by atoms with van der Waals surface area (Å²) in [4.78, 5) is 29.0. The van der Waals surface area contributed by atoms with Crippen molar-refractivity contribution < 1.29 is 14.3 Å². The van der Waals surface area contributed by atoms with Gasteiger partial charge in [-0.2, -0.15) is 5.10 Å². The Bertz CT molecular complexity index is 867. The van der Waals surface area contributed by atoms with Crippen LogP contribution >= 0.6 is 0 Å². The number of rotatable bonds is 3. The van der Waals surface area contributed by atoms with Crippen LogP contribution in [0.3, 0.4) is 0 Å². The summed E-state index contributed by atoms with van der Waals surface area (Å²) in [6.07, 6.45) is 2.12. The number of nitrogens with one attached hydrogen (secondary N) is 2. The first kappa shape index (κ1) is 16.3. The van der Waals surface area contributed by atoms with Crippen LogP contribution in [0.25, 0.3) is 11.1 Å². The summed E-state index contributed by atoms with van der Waals surface area (Å²) in [5.74, 6) is -0.0810. The monoisotopic (exact) mass is 367 g/mol. The van der Waals surface area contributed by atoms with Crippen molar-refractivity contribution in [2.24, 2.45) is 0 Å². The lowest BCUT2D eigenvalue weighted by atomic mass is 10.1. The molecule has 5 rings (SSSR count). The highest BCUT2D eigenvalue weighted by atomic mass is 16.6. The molecule has 0 bridgehead atoms. The lowest BCUT2D eigenvalue weighted by Crippen LogP contribution is -2.46. The molecule has 8 heteroatoms. The second kappa shape index (κ2) is 6.38. The summed E-state index contributed by atoms with van der Waals surface area (Å²) >= 11 is 0. The molecule has 1 unspecified atom stereocenters. The van der Waals surface area contributed by atoms with Crippen molar-refractivity contribution in [3.05, 3.63) is 42.2 Å². The second-order valence-electron chi connectivity index (χ2n) is 7.27. The summed E-state index contributed by atoms with van der Waals surface area (Å²) < 4.78 is 5.46. The van der Waals surface area contributed by atoms with Gasteiger partial charge in [0.15, 0.2) is 0 Å². The third kappa shape index (κ3) is 2.68. The molecule has 3 atom stereocenters. The first-order valence-corrected chi connectivity index (χ1v) is 9.30.